The molecule has 0 rings (SSSR count). The third kappa shape index (κ3) is 7.76. The fourth-order valence-corrected chi connectivity index (χ4v) is 1.47. The second-order valence-electron chi connectivity index (χ2n) is 4.79. The largest absolute Gasteiger partial charge is 0.480 e. The Morgan fingerprint density at radius 2 is 1.43 bits per heavy atom. The molecule has 0 bridgehead atoms. The van der Waals surface area contributed by atoms with Gasteiger partial charge in [-0.2, -0.15) is 0 Å². The highest BCUT2D eigenvalue weighted by atomic mass is 16.4. The smallest absolute Gasteiger partial charge is 0.326 e. The maximum Gasteiger partial charge on any atom is 0.326 e. The predicted octanol–water partition coefficient (Wildman–Crippen LogP) is -3.60. The lowest BCUT2D eigenvalue weighted by molar-refractivity contribution is -0.143. The summed E-state index contributed by atoms with van der Waals surface area (Å²) >= 11 is 0. The third-order valence-electron chi connectivity index (χ3n) is 2.73. The second-order valence-corrected chi connectivity index (χ2v) is 4.79. The van der Waals surface area contributed by atoms with Crippen LogP contribution < -0.4 is 27.4 Å². The van der Waals surface area contributed by atoms with Gasteiger partial charge in [0.15, 0.2) is 0 Å². The minimum atomic E-state index is -1.49. The standard InChI is InChI=1S/C12H21N5O6/c1-5(15-9(19)4-13)10(20)16-6(2)11(21)17-7(12(22)23)3-8(14)18/h5-7H,3-4,13H2,1-2H3,(H2,14,18)(H,15,19)(H,16,20)(H,17,21)(H,22,23). The van der Waals surface area contributed by atoms with Crippen LogP contribution in [0.1, 0.15) is 20.3 Å². The van der Waals surface area contributed by atoms with Gasteiger partial charge in [-0.25, -0.2) is 4.79 Å². The first-order valence-electron chi connectivity index (χ1n) is 6.69. The van der Waals surface area contributed by atoms with Gasteiger partial charge in [0.25, 0.3) is 0 Å². The molecule has 0 heterocycles. The summed E-state index contributed by atoms with van der Waals surface area (Å²) in [4.78, 5) is 56.3. The van der Waals surface area contributed by atoms with E-state index in [4.69, 9.17) is 16.6 Å². The molecule has 23 heavy (non-hydrogen) atoms. The number of carbonyl (C=O) groups excluding carboxylic acids is 4. The highest BCUT2D eigenvalue weighted by molar-refractivity contribution is 5.94. The van der Waals surface area contributed by atoms with E-state index in [2.05, 4.69) is 16.0 Å². The van der Waals surface area contributed by atoms with E-state index in [0.29, 0.717) is 0 Å². The van der Waals surface area contributed by atoms with Gasteiger partial charge in [-0.15, -0.1) is 0 Å². The van der Waals surface area contributed by atoms with Gasteiger partial charge in [0.1, 0.15) is 18.1 Å². The van der Waals surface area contributed by atoms with Crippen molar-refractivity contribution in [3.63, 3.8) is 0 Å². The van der Waals surface area contributed by atoms with Crippen LogP contribution in [0.25, 0.3) is 0 Å². The van der Waals surface area contributed by atoms with Crippen molar-refractivity contribution in [2.75, 3.05) is 6.54 Å². The molecule has 0 aromatic heterocycles. The van der Waals surface area contributed by atoms with Gasteiger partial charge >= 0.3 is 5.97 Å². The number of nitrogens with two attached hydrogens (primary N) is 2. The van der Waals surface area contributed by atoms with Crippen molar-refractivity contribution in [2.45, 2.75) is 38.4 Å². The zero-order valence-corrected chi connectivity index (χ0v) is 12.8. The predicted molar refractivity (Wildman–Crippen MR) is 77.6 cm³/mol. The molecule has 11 nitrogen and oxygen atoms in total. The first-order chi connectivity index (χ1) is 10.6. The topological polar surface area (TPSA) is 194 Å². The number of primary amides is 1. The van der Waals surface area contributed by atoms with Crippen molar-refractivity contribution in [3.05, 3.63) is 0 Å². The van der Waals surface area contributed by atoms with Crippen LogP contribution in [0.2, 0.25) is 0 Å². The molecule has 0 fully saturated rings. The Bertz CT molecular complexity index is 494. The minimum Gasteiger partial charge on any atom is -0.480 e. The van der Waals surface area contributed by atoms with Crippen LogP contribution in [0.5, 0.6) is 0 Å². The van der Waals surface area contributed by atoms with Crippen LogP contribution in [0.15, 0.2) is 0 Å². The molecular weight excluding hydrogens is 310 g/mol. The van der Waals surface area contributed by atoms with Gasteiger partial charge in [-0.1, -0.05) is 0 Å². The van der Waals surface area contributed by atoms with E-state index in [9.17, 15) is 24.0 Å². The summed E-state index contributed by atoms with van der Waals surface area (Å²) in [5.41, 5.74) is 9.98. The normalized spacial score (nSPS) is 14.0. The summed E-state index contributed by atoms with van der Waals surface area (Å²) in [5.74, 6) is -4.34. The summed E-state index contributed by atoms with van der Waals surface area (Å²) in [5, 5.41) is 15.5. The van der Waals surface area contributed by atoms with Gasteiger partial charge in [0.05, 0.1) is 13.0 Å². The Kier molecular flexibility index (Phi) is 8.26. The first-order valence-corrected chi connectivity index (χ1v) is 6.69. The maximum atomic E-state index is 11.8. The number of amides is 4. The zero-order valence-electron chi connectivity index (χ0n) is 12.8. The molecule has 3 atom stereocenters. The molecule has 11 heteroatoms. The summed E-state index contributed by atoms with van der Waals surface area (Å²) in [7, 11) is 0. The van der Waals surface area contributed by atoms with Crippen molar-refractivity contribution in [2.24, 2.45) is 11.5 Å². The molecule has 0 aromatic rings. The van der Waals surface area contributed by atoms with Gasteiger partial charge in [-0.05, 0) is 13.8 Å². The quantitative estimate of drug-likeness (QED) is 0.251. The lowest BCUT2D eigenvalue weighted by Gasteiger charge is -2.20. The van der Waals surface area contributed by atoms with Crippen LogP contribution in [-0.4, -0.2) is 59.4 Å². The van der Waals surface area contributed by atoms with Gasteiger partial charge in [0, 0.05) is 0 Å². The van der Waals surface area contributed by atoms with E-state index >= 15 is 0 Å². The fraction of sp³-hybridized carbons (Fsp3) is 0.583. The summed E-state index contributed by atoms with van der Waals surface area (Å²) in [6.45, 7) is 2.41. The van der Waals surface area contributed by atoms with Gasteiger partial charge < -0.3 is 32.5 Å². The van der Waals surface area contributed by atoms with Crippen LogP contribution in [-0.2, 0) is 24.0 Å². The van der Waals surface area contributed by atoms with Gasteiger partial charge in [0.2, 0.25) is 23.6 Å². The average molecular weight is 331 g/mol. The second kappa shape index (κ2) is 9.35. The van der Waals surface area contributed by atoms with E-state index < -0.39 is 54.1 Å². The minimum absolute atomic E-state index is 0.291. The van der Waals surface area contributed by atoms with Crippen molar-refractivity contribution in [1.29, 1.82) is 0 Å². The van der Waals surface area contributed by atoms with Crippen molar-refractivity contribution in [3.8, 4) is 0 Å². The Labute approximate surface area is 132 Å². The van der Waals surface area contributed by atoms with E-state index in [-0.39, 0.29) is 6.54 Å². The molecule has 0 aromatic carbocycles. The number of carboxylic acids is 1. The molecule has 0 aliphatic carbocycles. The Morgan fingerprint density at radius 1 is 0.957 bits per heavy atom. The Morgan fingerprint density at radius 3 is 1.87 bits per heavy atom. The van der Waals surface area contributed by atoms with E-state index in [1.165, 1.54) is 13.8 Å². The van der Waals surface area contributed by atoms with Crippen LogP contribution in [0, 0.1) is 0 Å². The van der Waals surface area contributed by atoms with E-state index in [1.807, 2.05) is 0 Å². The Hall–Kier alpha value is -2.69. The lowest BCUT2D eigenvalue weighted by atomic mass is 10.1. The number of aliphatic carboxylic acids is 1. The highest BCUT2D eigenvalue weighted by Gasteiger charge is 2.26. The summed E-state index contributed by atoms with van der Waals surface area (Å²) < 4.78 is 0. The van der Waals surface area contributed by atoms with Crippen LogP contribution >= 0.6 is 0 Å². The Balaban J connectivity index is 4.58. The summed E-state index contributed by atoms with van der Waals surface area (Å²) in [6.07, 6.45) is -0.579. The summed E-state index contributed by atoms with van der Waals surface area (Å²) in [6, 6.07) is -3.51. The molecular formula is C12H21N5O6. The average Bonchev–Trinajstić information content (AvgIpc) is 2.45. The van der Waals surface area contributed by atoms with Gasteiger partial charge in [-0.3, -0.25) is 19.2 Å². The SMILES string of the molecule is CC(NC(=O)CN)C(=O)NC(C)C(=O)NC(CC(N)=O)C(=O)O. The molecule has 130 valence electrons. The number of carboxylic acid groups (broad SMARTS) is 1. The molecule has 0 aliphatic heterocycles. The molecule has 0 aliphatic rings. The number of hydrogen-bond donors (Lipinski definition) is 6. The molecule has 4 amide bonds. The monoisotopic (exact) mass is 331 g/mol. The molecule has 0 spiro atoms. The molecule has 8 N–H and O–H groups in total. The lowest BCUT2D eigenvalue weighted by Crippen LogP contribution is -2.54. The fourth-order valence-electron chi connectivity index (χ4n) is 1.47. The van der Waals surface area contributed by atoms with Crippen LogP contribution in [0.3, 0.4) is 0 Å². The van der Waals surface area contributed by atoms with Crippen molar-refractivity contribution < 1.29 is 29.1 Å². The van der Waals surface area contributed by atoms with E-state index in [1.54, 1.807) is 0 Å². The number of nitrogens with one attached hydrogen (secondary N) is 3. The first kappa shape index (κ1) is 20.3. The highest BCUT2D eigenvalue weighted by Crippen LogP contribution is 1.94. The number of carbonyl (C=O) groups is 5. The third-order valence-corrected chi connectivity index (χ3v) is 2.73. The molecule has 0 radical (unpaired) electrons. The number of rotatable bonds is 9. The molecule has 3 unspecified atom stereocenters. The van der Waals surface area contributed by atoms with E-state index in [0.717, 1.165) is 0 Å². The maximum absolute atomic E-state index is 11.8. The zero-order chi connectivity index (χ0) is 18.2. The molecule has 0 saturated heterocycles. The van der Waals surface area contributed by atoms with Crippen molar-refractivity contribution in [1.82, 2.24) is 16.0 Å². The van der Waals surface area contributed by atoms with Crippen molar-refractivity contribution >= 4 is 29.6 Å². The number of hydrogen-bond acceptors (Lipinski definition) is 6. The molecule has 0 saturated carbocycles. The van der Waals surface area contributed by atoms with Crippen LogP contribution in [0.4, 0.5) is 0 Å².